The van der Waals surface area contributed by atoms with Crippen molar-refractivity contribution in [2.45, 2.75) is 26.8 Å². The molecule has 2 amide bonds. The predicted octanol–water partition coefficient (Wildman–Crippen LogP) is 0.385. The standard InChI is InChI=1S/C9H19N3O/c1-7-4-12(8(13)11-7)6-9(2,3)5-10/h7H,4-6,10H2,1-3H3,(H,11,13). The van der Waals surface area contributed by atoms with Gasteiger partial charge in [-0.05, 0) is 18.9 Å². The van der Waals surface area contributed by atoms with E-state index >= 15 is 0 Å². The topological polar surface area (TPSA) is 58.4 Å². The first kappa shape index (κ1) is 10.3. The van der Waals surface area contributed by atoms with Gasteiger partial charge in [-0.3, -0.25) is 0 Å². The zero-order valence-electron chi connectivity index (χ0n) is 8.63. The molecule has 0 saturated carbocycles. The Hall–Kier alpha value is -0.770. The van der Waals surface area contributed by atoms with Gasteiger partial charge < -0.3 is 16.0 Å². The molecule has 1 unspecified atom stereocenters. The third kappa shape index (κ3) is 2.59. The molecule has 1 aliphatic rings. The highest BCUT2D eigenvalue weighted by Gasteiger charge is 2.29. The second-order valence-electron chi connectivity index (χ2n) is 4.60. The van der Waals surface area contributed by atoms with E-state index in [1.54, 1.807) is 0 Å². The van der Waals surface area contributed by atoms with Crippen molar-refractivity contribution in [3.8, 4) is 0 Å². The fourth-order valence-electron chi connectivity index (χ4n) is 1.48. The van der Waals surface area contributed by atoms with Crippen molar-refractivity contribution in [1.82, 2.24) is 10.2 Å². The molecule has 1 aliphatic heterocycles. The second-order valence-corrected chi connectivity index (χ2v) is 4.60. The van der Waals surface area contributed by atoms with Crippen LogP contribution in [0, 0.1) is 5.41 Å². The highest BCUT2D eigenvalue weighted by molar-refractivity contribution is 5.76. The average Bonchev–Trinajstić information content (AvgIpc) is 2.30. The number of amides is 2. The van der Waals surface area contributed by atoms with Gasteiger partial charge in [0.05, 0.1) is 0 Å². The lowest BCUT2D eigenvalue weighted by atomic mass is 9.93. The molecule has 0 aromatic rings. The zero-order valence-corrected chi connectivity index (χ0v) is 8.63. The van der Waals surface area contributed by atoms with Crippen molar-refractivity contribution in [3.63, 3.8) is 0 Å². The van der Waals surface area contributed by atoms with E-state index in [1.165, 1.54) is 0 Å². The van der Waals surface area contributed by atoms with Gasteiger partial charge in [0.15, 0.2) is 0 Å². The molecule has 0 bridgehead atoms. The van der Waals surface area contributed by atoms with Crippen molar-refractivity contribution in [3.05, 3.63) is 0 Å². The van der Waals surface area contributed by atoms with Crippen LogP contribution in [0.1, 0.15) is 20.8 Å². The number of hydrogen-bond acceptors (Lipinski definition) is 2. The normalized spacial score (nSPS) is 23.5. The van der Waals surface area contributed by atoms with Crippen LogP contribution in [0.2, 0.25) is 0 Å². The number of carbonyl (C=O) groups is 1. The van der Waals surface area contributed by atoms with Gasteiger partial charge in [-0.2, -0.15) is 0 Å². The maximum atomic E-state index is 11.4. The Morgan fingerprint density at radius 2 is 2.31 bits per heavy atom. The highest BCUT2D eigenvalue weighted by Crippen LogP contribution is 2.17. The van der Waals surface area contributed by atoms with E-state index in [-0.39, 0.29) is 17.5 Å². The first-order valence-electron chi connectivity index (χ1n) is 4.70. The Morgan fingerprint density at radius 3 is 2.69 bits per heavy atom. The van der Waals surface area contributed by atoms with Crippen molar-refractivity contribution >= 4 is 6.03 Å². The summed E-state index contributed by atoms with van der Waals surface area (Å²) >= 11 is 0. The molecule has 4 nitrogen and oxygen atoms in total. The molecule has 1 heterocycles. The van der Waals surface area contributed by atoms with Gasteiger partial charge in [0.25, 0.3) is 0 Å². The quantitative estimate of drug-likeness (QED) is 0.668. The summed E-state index contributed by atoms with van der Waals surface area (Å²) < 4.78 is 0. The minimum absolute atomic E-state index is 0.0153. The Bertz CT molecular complexity index is 203. The summed E-state index contributed by atoms with van der Waals surface area (Å²) in [5.74, 6) is 0. The molecule has 13 heavy (non-hydrogen) atoms. The Kier molecular flexibility index (Phi) is 2.81. The molecule has 76 valence electrons. The molecule has 4 heteroatoms. The average molecular weight is 185 g/mol. The maximum absolute atomic E-state index is 11.4. The van der Waals surface area contributed by atoms with Crippen LogP contribution in [0.3, 0.4) is 0 Å². The van der Waals surface area contributed by atoms with Crippen molar-refractivity contribution < 1.29 is 4.79 Å². The molecule has 3 N–H and O–H groups in total. The molecule has 1 fully saturated rings. The molecule has 0 aromatic carbocycles. The number of urea groups is 1. The first-order valence-corrected chi connectivity index (χ1v) is 4.70. The van der Waals surface area contributed by atoms with E-state index in [0.29, 0.717) is 6.54 Å². The lowest BCUT2D eigenvalue weighted by Gasteiger charge is -2.27. The van der Waals surface area contributed by atoms with Crippen molar-refractivity contribution in [2.75, 3.05) is 19.6 Å². The summed E-state index contributed by atoms with van der Waals surface area (Å²) in [4.78, 5) is 13.2. The molecule has 1 rings (SSSR count). The molecule has 1 atom stereocenters. The first-order chi connectivity index (χ1) is 5.94. The van der Waals surface area contributed by atoms with Gasteiger partial charge >= 0.3 is 6.03 Å². The number of nitrogens with zero attached hydrogens (tertiary/aromatic N) is 1. The van der Waals surface area contributed by atoms with Crippen molar-refractivity contribution in [1.29, 1.82) is 0 Å². The summed E-state index contributed by atoms with van der Waals surface area (Å²) in [7, 11) is 0. The van der Waals surface area contributed by atoms with Gasteiger partial charge in [0.1, 0.15) is 0 Å². The SMILES string of the molecule is CC1CN(CC(C)(C)CN)C(=O)N1. The number of hydrogen-bond donors (Lipinski definition) is 2. The van der Waals surface area contributed by atoms with Crippen LogP contribution in [0.15, 0.2) is 0 Å². The van der Waals surface area contributed by atoms with Crippen LogP contribution in [0.25, 0.3) is 0 Å². The van der Waals surface area contributed by atoms with Gasteiger partial charge in [0.2, 0.25) is 0 Å². The summed E-state index contributed by atoms with van der Waals surface area (Å²) in [6.07, 6.45) is 0. The number of nitrogens with one attached hydrogen (secondary N) is 1. The lowest BCUT2D eigenvalue weighted by molar-refractivity contribution is 0.191. The lowest BCUT2D eigenvalue weighted by Crippen LogP contribution is -2.40. The molecular formula is C9H19N3O. The molecule has 0 spiro atoms. The Balaban J connectivity index is 2.50. The highest BCUT2D eigenvalue weighted by atomic mass is 16.2. The van der Waals surface area contributed by atoms with E-state index in [2.05, 4.69) is 19.2 Å². The molecule has 0 aliphatic carbocycles. The van der Waals surface area contributed by atoms with Crippen LogP contribution in [-0.2, 0) is 0 Å². The van der Waals surface area contributed by atoms with Crippen LogP contribution in [0.4, 0.5) is 4.79 Å². The number of carbonyl (C=O) groups excluding carboxylic acids is 1. The summed E-state index contributed by atoms with van der Waals surface area (Å²) in [6, 6.07) is 0.301. The van der Waals surface area contributed by atoms with Gasteiger partial charge in [-0.25, -0.2) is 4.79 Å². The van der Waals surface area contributed by atoms with E-state index in [1.807, 2.05) is 11.8 Å². The molecule has 1 saturated heterocycles. The fourth-order valence-corrected chi connectivity index (χ4v) is 1.48. The zero-order chi connectivity index (χ0) is 10.1. The van der Waals surface area contributed by atoms with E-state index in [9.17, 15) is 4.79 Å². The minimum atomic E-state index is 0.0153. The Morgan fingerprint density at radius 1 is 1.69 bits per heavy atom. The summed E-state index contributed by atoms with van der Waals surface area (Å²) in [5, 5.41) is 2.86. The van der Waals surface area contributed by atoms with Gasteiger partial charge in [-0.1, -0.05) is 13.8 Å². The molecule has 0 radical (unpaired) electrons. The van der Waals surface area contributed by atoms with Gasteiger partial charge in [-0.15, -0.1) is 0 Å². The summed E-state index contributed by atoms with van der Waals surface area (Å²) in [5.41, 5.74) is 5.62. The predicted molar refractivity (Wildman–Crippen MR) is 52.4 cm³/mol. The Labute approximate surface area is 79.5 Å². The fraction of sp³-hybridized carbons (Fsp3) is 0.889. The van der Waals surface area contributed by atoms with E-state index < -0.39 is 0 Å². The van der Waals surface area contributed by atoms with E-state index in [0.717, 1.165) is 13.1 Å². The van der Waals surface area contributed by atoms with Crippen LogP contribution >= 0.6 is 0 Å². The van der Waals surface area contributed by atoms with Crippen molar-refractivity contribution in [2.24, 2.45) is 11.1 Å². The second kappa shape index (κ2) is 3.54. The number of nitrogens with two attached hydrogens (primary N) is 1. The minimum Gasteiger partial charge on any atom is -0.334 e. The maximum Gasteiger partial charge on any atom is 0.317 e. The van der Waals surface area contributed by atoms with Crippen LogP contribution in [0.5, 0.6) is 0 Å². The third-order valence-electron chi connectivity index (χ3n) is 2.32. The summed E-state index contributed by atoms with van der Waals surface area (Å²) in [6.45, 7) is 8.28. The smallest absolute Gasteiger partial charge is 0.317 e. The van der Waals surface area contributed by atoms with Gasteiger partial charge in [0, 0.05) is 19.1 Å². The third-order valence-corrected chi connectivity index (χ3v) is 2.32. The van der Waals surface area contributed by atoms with Crippen LogP contribution < -0.4 is 11.1 Å². The largest absolute Gasteiger partial charge is 0.334 e. The van der Waals surface area contributed by atoms with E-state index in [4.69, 9.17) is 5.73 Å². The van der Waals surface area contributed by atoms with Crippen LogP contribution in [-0.4, -0.2) is 36.6 Å². The monoisotopic (exact) mass is 185 g/mol. The molecule has 0 aromatic heterocycles. The molecular weight excluding hydrogens is 166 g/mol. The number of rotatable bonds is 3.